The Morgan fingerprint density at radius 3 is 2.04 bits per heavy atom. The Labute approximate surface area is 159 Å². The summed E-state index contributed by atoms with van der Waals surface area (Å²) in [5.74, 6) is -2.55. The topological polar surface area (TPSA) is 78.6 Å². The Hall–Kier alpha value is -3.18. The first-order chi connectivity index (χ1) is 13.1. The molecule has 0 saturated carbocycles. The first-order valence-electron chi connectivity index (χ1n) is 8.53. The Balaban J connectivity index is 1.89. The number of ether oxygens (including phenoxy) is 2. The third kappa shape index (κ3) is 5.94. The van der Waals surface area contributed by atoms with Crippen molar-refractivity contribution in [2.24, 2.45) is 11.7 Å². The van der Waals surface area contributed by atoms with Crippen molar-refractivity contribution >= 4 is 24.1 Å². The molecule has 27 heavy (non-hydrogen) atoms. The molecule has 2 aromatic rings. The lowest BCUT2D eigenvalue weighted by molar-refractivity contribution is -0.163. The van der Waals surface area contributed by atoms with E-state index >= 15 is 0 Å². The smallest absolute Gasteiger partial charge is 0.321 e. The molecule has 0 fully saturated rings. The van der Waals surface area contributed by atoms with Crippen molar-refractivity contribution in [2.75, 3.05) is 6.54 Å². The van der Waals surface area contributed by atoms with Crippen LogP contribution in [0.3, 0.4) is 0 Å². The number of benzene rings is 2. The largest absolute Gasteiger partial charge is 0.460 e. The average molecular weight is 365 g/mol. The SMILES string of the molecule is C=Cc1ccc(COC(=O)C(CN)C(=O)OCc2cccc(C=C)c2)cc1. The molecule has 0 radical (unpaired) electrons. The van der Waals surface area contributed by atoms with Gasteiger partial charge in [0.05, 0.1) is 0 Å². The quantitative estimate of drug-likeness (QED) is 0.545. The summed E-state index contributed by atoms with van der Waals surface area (Å²) in [5, 5.41) is 0. The van der Waals surface area contributed by atoms with E-state index in [2.05, 4.69) is 13.2 Å². The minimum absolute atomic E-state index is 0.0489. The first-order valence-corrected chi connectivity index (χ1v) is 8.53. The van der Waals surface area contributed by atoms with Gasteiger partial charge in [0.1, 0.15) is 13.2 Å². The third-order valence-corrected chi connectivity index (χ3v) is 3.97. The molecule has 2 aromatic carbocycles. The summed E-state index contributed by atoms with van der Waals surface area (Å²) < 4.78 is 10.4. The van der Waals surface area contributed by atoms with Crippen molar-refractivity contribution in [1.82, 2.24) is 0 Å². The minimum Gasteiger partial charge on any atom is -0.460 e. The Kier molecular flexibility index (Phi) is 7.52. The van der Waals surface area contributed by atoms with Gasteiger partial charge in [0, 0.05) is 6.54 Å². The number of hydrogen-bond acceptors (Lipinski definition) is 5. The molecule has 0 aliphatic carbocycles. The van der Waals surface area contributed by atoms with Crippen LogP contribution in [-0.4, -0.2) is 18.5 Å². The van der Waals surface area contributed by atoms with Gasteiger partial charge in [-0.1, -0.05) is 67.8 Å². The molecule has 2 N–H and O–H groups in total. The lowest BCUT2D eigenvalue weighted by Crippen LogP contribution is -2.34. The summed E-state index contributed by atoms with van der Waals surface area (Å²) >= 11 is 0. The predicted octanol–water partition coefficient (Wildman–Crippen LogP) is 3.33. The summed E-state index contributed by atoms with van der Waals surface area (Å²) in [6.45, 7) is 7.30. The zero-order chi connectivity index (χ0) is 19.6. The van der Waals surface area contributed by atoms with Gasteiger partial charge in [-0.15, -0.1) is 0 Å². The summed E-state index contributed by atoms with van der Waals surface area (Å²) in [6.07, 6.45) is 3.42. The highest BCUT2D eigenvalue weighted by atomic mass is 16.6. The van der Waals surface area contributed by atoms with E-state index in [1.807, 2.05) is 48.5 Å². The van der Waals surface area contributed by atoms with Crippen molar-refractivity contribution in [2.45, 2.75) is 13.2 Å². The van der Waals surface area contributed by atoms with E-state index in [4.69, 9.17) is 15.2 Å². The molecular formula is C22H23NO4. The molecular weight excluding hydrogens is 342 g/mol. The number of nitrogens with two attached hydrogens (primary N) is 1. The zero-order valence-electron chi connectivity index (χ0n) is 15.1. The van der Waals surface area contributed by atoms with E-state index in [-0.39, 0.29) is 19.8 Å². The Morgan fingerprint density at radius 2 is 1.48 bits per heavy atom. The van der Waals surface area contributed by atoms with Crippen molar-refractivity contribution in [3.63, 3.8) is 0 Å². The van der Waals surface area contributed by atoms with Crippen LogP contribution in [0.25, 0.3) is 12.2 Å². The lowest BCUT2D eigenvalue weighted by atomic mass is 10.1. The van der Waals surface area contributed by atoms with E-state index in [9.17, 15) is 9.59 Å². The maximum Gasteiger partial charge on any atom is 0.321 e. The van der Waals surface area contributed by atoms with Crippen molar-refractivity contribution in [1.29, 1.82) is 0 Å². The fourth-order valence-electron chi connectivity index (χ4n) is 2.36. The minimum atomic E-state index is -1.15. The maximum absolute atomic E-state index is 12.2. The second-order valence-electron chi connectivity index (χ2n) is 5.90. The molecule has 2 rings (SSSR count). The predicted molar refractivity (Wildman–Crippen MR) is 105 cm³/mol. The van der Waals surface area contributed by atoms with Gasteiger partial charge in [0.2, 0.25) is 0 Å². The highest BCUT2D eigenvalue weighted by Crippen LogP contribution is 2.12. The molecule has 0 spiro atoms. The molecule has 0 aliphatic heterocycles. The van der Waals surface area contributed by atoms with Crippen molar-refractivity contribution in [3.05, 3.63) is 83.9 Å². The van der Waals surface area contributed by atoms with Crippen LogP contribution in [0.5, 0.6) is 0 Å². The average Bonchev–Trinajstić information content (AvgIpc) is 2.71. The summed E-state index contributed by atoms with van der Waals surface area (Å²) in [4.78, 5) is 24.4. The molecule has 5 heteroatoms. The third-order valence-electron chi connectivity index (χ3n) is 3.97. The van der Waals surface area contributed by atoms with Gasteiger partial charge in [-0.05, 0) is 28.3 Å². The number of hydrogen-bond donors (Lipinski definition) is 1. The van der Waals surface area contributed by atoms with E-state index in [1.165, 1.54) is 0 Å². The van der Waals surface area contributed by atoms with Gasteiger partial charge in [-0.3, -0.25) is 9.59 Å². The highest BCUT2D eigenvalue weighted by molar-refractivity contribution is 5.95. The lowest BCUT2D eigenvalue weighted by Gasteiger charge is -2.14. The van der Waals surface area contributed by atoms with Crippen LogP contribution in [0.1, 0.15) is 22.3 Å². The van der Waals surface area contributed by atoms with Gasteiger partial charge in [0.15, 0.2) is 5.92 Å². The zero-order valence-corrected chi connectivity index (χ0v) is 15.1. The van der Waals surface area contributed by atoms with Crippen LogP contribution in [0.2, 0.25) is 0 Å². The van der Waals surface area contributed by atoms with E-state index in [1.54, 1.807) is 12.2 Å². The number of carbonyl (C=O) groups excluding carboxylic acids is 2. The molecule has 140 valence electrons. The normalized spacial score (nSPS) is 11.3. The van der Waals surface area contributed by atoms with Crippen LogP contribution in [0.4, 0.5) is 0 Å². The van der Waals surface area contributed by atoms with Crippen molar-refractivity contribution in [3.8, 4) is 0 Å². The van der Waals surface area contributed by atoms with Crippen LogP contribution in [-0.2, 0) is 32.3 Å². The van der Waals surface area contributed by atoms with Crippen LogP contribution < -0.4 is 5.73 Å². The van der Waals surface area contributed by atoms with Crippen molar-refractivity contribution < 1.29 is 19.1 Å². The van der Waals surface area contributed by atoms with Gasteiger partial charge >= 0.3 is 11.9 Å². The molecule has 0 heterocycles. The van der Waals surface area contributed by atoms with E-state index < -0.39 is 17.9 Å². The van der Waals surface area contributed by atoms with Crippen LogP contribution in [0.15, 0.2) is 61.7 Å². The second-order valence-corrected chi connectivity index (χ2v) is 5.90. The summed E-state index contributed by atoms with van der Waals surface area (Å²) in [6, 6.07) is 14.8. The maximum atomic E-state index is 12.2. The Bertz CT molecular complexity index is 811. The van der Waals surface area contributed by atoms with Crippen LogP contribution in [0, 0.1) is 5.92 Å². The van der Waals surface area contributed by atoms with Gasteiger partial charge < -0.3 is 15.2 Å². The first kappa shape index (κ1) is 20.1. The number of esters is 2. The summed E-state index contributed by atoms with van der Waals surface area (Å²) in [5.41, 5.74) is 9.06. The standard InChI is InChI=1S/C22H23NO4/c1-3-16-8-10-18(11-9-16)14-26-21(24)20(13-23)22(25)27-15-19-7-5-6-17(4-2)12-19/h3-12,20H,1-2,13-15,23H2. The highest BCUT2D eigenvalue weighted by Gasteiger charge is 2.28. The fraction of sp³-hybridized carbons (Fsp3) is 0.182. The second kappa shape index (κ2) is 10.1. The van der Waals surface area contributed by atoms with Gasteiger partial charge in [-0.2, -0.15) is 0 Å². The molecule has 0 bridgehead atoms. The number of rotatable bonds is 9. The molecule has 1 atom stereocenters. The molecule has 1 unspecified atom stereocenters. The molecule has 0 aliphatic rings. The van der Waals surface area contributed by atoms with Gasteiger partial charge in [0.25, 0.3) is 0 Å². The fourth-order valence-corrected chi connectivity index (χ4v) is 2.36. The molecule has 0 aromatic heterocycles. The van der Waals surface area contributed by atoms with Crippen LogP contribution >= 0.6 is 0 Å². The Morgan fingerprint density at radius 1 is 0.889 bits per heavy atom. The van der Waals surface area contributed by atoms with E-state index in [0.717, 1.165) is 22.3 Å². The van der Waals surface area contributed by atoms with Gasteiger partial charge in [-0.25, -0.2) is 0 Å². The molecule has 0 saturated heterocycles. The monoisotopic (exact) mass is 365 g/mol. The number of carbonyl (C=O) groups is 2. The summed E-state index contributed by atoms with van der Waals surface area (Å²) in [7, 11) is 0. The van der Waals surface area contributed by atoms with E-state index in [0.29, 0.717) is 0 Å². The molecule has 5 nitrogen and oxygen atoms in total. The molecule has 0 amide bonds.